The molecule has 1 saturated heterocycles. The van der Waals surface area contributed by atoms with E-state index in [1.807, 2.05) is 0 Å². The van der Waals surface area contributed by atoms with E-state index in [9.17, 15) is 4.79 Å². The third-order valence-corrected chi connectivity index (χ3v) is 5.00. The van der Waals surface area contributed by atoms with Gasteiger partial charge >= 0.3 is 0 Å². The summed E-state index contributed by atoms with van der Waals surface area (Å²) in [6, 6.07) is 10.1. The Balaban J connectivity index is 1.83. The number of guanidine groups is 1. The minimum Gasteiger partial charge on any atom is -0.495 e. The molecule has 3 rings (SSSR count). The van der Waals surface area contributed by atoms with Gasteiger partial charge in [-0.05, 0) is 49.2 Å². The quantitative estimate of drug-likeness (QED) is 0.496. The van der Waals surface area contributed by atoms with E-state index in [0.29, 0.717) is 40.1 Å². The molecule has 1 aliphatic rings. The van der Waals surface area contributed by atoms with Gasteiger partial charge in [0.15, 0.2) is 11.5 Å². The minimum absolute atomic E-state index is 0.0241. The fourth-order valence-electron chi connectivity index (χ4n) is 3.15. The number of carbonyl (C=O) groups is 1. The van der Waals surface area contributed by atoms with Crippen LogP contribution in [0.15, 0.2) is 41.4 Å². The zero-order chi connectivity index (χ0) is 22.2. The van der Waals surface area contributed by atoms with Crippen LogP contribution < -0.4 is 24.8 Å². The van der Waals surface area contributed by atoms with Gasteiger partial charge in [0.25, 0.3) is 5.91 Å². The van der Waals surface area contributed by atoms with Gasteiger partial charge in [-0.2, -0.15) is 0 Å². The highest BCUT2D eigenvalue weighted by Gasteiger charge is 2.18. The van der Waals surface area contributed by atoms with Gasteiger partial charge in [0, 0.05) is 17.2 Å². The first-order valence-electron chi connectivity index (χ1n) is 9.84. The van der Waals surface area contributed by atoms with Crippen LogP contribution in [-0.2, 0) is 4.74 Å². The number of hydrogen-bond donors (Lipinski definition) is 2. The third kappa shape index (κ3) is 6.02. The first-order valence-corrected chi connectivity index (χ1v) is 10.2. The Morgan fingerprint density at radius 2 is 1.84 bits per heavy atom. The fourth-order valence-corrected chi connectivity index (χ4v) is 3.33. The lowest BCUT2D eigenvalue weighted by Gasteiger charge is -2.16. The molecule has 2 aromatic carbocycles. The summed E-state index contributed by atoms with van der Waals surface area (Å²) in [6.07, 6.45) is 1.96. The SMILES string of the molecule is COc1ccc(Cl)cc1NC(=NC[C@H]1CCCO1)NC(=O)c1ccc(OC)c(OC)c1. The molecular formula is C22H26ClN3O5. The van der Waals surface area contributed by atoms with Crippen LogP contribution >= 0.6 is 11.6 Å². The van der Waals surface area contributed by atoms with Crippen molar-refractivity contribution in [1.29, 1.82) is 0 Å². The van der Waals surface area contributed by atoms with Crippen LogP contribution in [0.4, 0.5) is 5.69 Å². The van der Waals surface area contributed by atoms with E-state index in [2.05, 4.69) is 15.6 Å². The summed E-state index contributed by atoms with van der Waals surface area (Å²) in [6.45, 7) is 1.14. The molecule has 0 bridgehead atoms. The number of rotatable bonds is 7. The minimum atomic E-state index is -0.361. The standard InChI is InChI=1S/C22H26ClN3O5/c1-28-18-9-7-15(23)12-17(18)25-22(24-13-16-5-4-10-31-16)26-21(27)14-6-8-19(29-2)20(11-14)30-3/h6-9,11-12,16H,4-5,10,13H2,1-3H3,(H2,24,25,26,27)/t16-/m1/s1. The van der Waals surface area contributed by atoms with Crippen LogP contribution in [0.1, 0.15) is 23.2 Å². The lowest BCUT2D eigenvalue weighted by molar-refractivity contribution is 0.0975. The lowest BCUT2D eigenvalue weighted by atomic mass is 10.2. The van der Waals surface area contributed by atoms with E-state index in [4.69, 9.17) is 30.5 Å². The molecule has 0 unspecified atom stereocenters. The number of anilines is 1. The smallest absolute Gasteiger partial charge is 0.258 e. The average Bonchev–Trinajstić information content (AvgIpc) is 3.30. The van der Waals surface area contributed by atoms with Gasteiger partial charge in [-0.15, -0.1) is 0 Å². The normalized spacial score (nSPS) is 16.0. The molecule has 0 aromatic heterocycles. The fraction of sp³-hybridized carbons (Fsp3) is 0.364. The maximum atomic E-state index is 12.9. The summed E-state index contributed by atoms with van der Waals surface area (Å²) in [7, 11) is 4.61. The topological polar surface area (TPSA) is 90.4 Å². The molecule has 0 saturated carbocycles. The number of halogens is 1. The van der Waals surface area contributed by atoms with Gasteiger partial charge in [0.1, 0.15) is 5.75 Å². The van der Waals surface area contributed by atoms with Crippen molar-refractivity contribution in [3.63, 3.8) is 0 Å². The number of ether oxygens (including phenoxy) is 4. The molecule has 0 aliphatic carbocycles. The van der Waals surface area contributed by atoms with Crippen LogP contribution in [-0.4, -0.2) is 52.5 Å². The molecule has 31 heavy (non-hydrogen) atoms. The van der Waals surface area contributed by atoms with Crippen molar-refractivity contribution in [2.24, 2.45) is 4.99 Å². The Morgan fingerprint density at radius 1 is 1.10 bits per heavy atom. The average molecular weight is 448 g/mol. The molecule has 0 radical (unpaired) electrons. The Bertz CT molecular complexity index is 945. The highest BCUT2D eigenvalue weighted by molar-refractivity contribution is 6.31. The van der Waals surface area contributed by atoms with E-state index in [1.54, 1.807) is 43.5 Å². The summed E-state index contributed by atoms with van der Waals surface area (Å²) < 4.78 is 21.5. The molecule has 8 nitrogen and oxygen atoms in total. The Morgan fingerprint density at radius 3 is 2.52 bits per heavy atom. The molecule has 2 N–H and O–H groups in total. The highest BCUT2D eigenvalue weighted by atomic mass is 35.5. The molecule has 1 aliphatic heterocycles. The van der Waals surface area contributed by atoms with Gasteiger partial charge in [-0.25, -0.2) is 4.99 Å². The Labute approximate surface area is 186 Å². The monoisotopic (exact) mass is 447 g/mol. The number of methoxy groups -OCH3 is 3. The molecule has 1 atom stereocenters. The molecule has 9 heteroatoms. The van der Waals surface area contributed by atoms with Crippen molar-refractivity contribution in [3.8, 4) is 17.2 Å². The molecule has 1 fully saturated rings. The van der Waals surface area contributed by atoms with E-state index >= 15 is 0 Å². The highest BCUT2D eigenvalue weighted by Crippen LogP contribution is 2.29. The van der Waals surface area contributed by atoms with Crippen molar-refractivity contribution in [3.05, 3.63) is 47.0 Å². The molecule has 1 amide bonds. The molecule has 0 spiro atoms. The van der Waals surface area contributed by atoms with Crippen molar-refractivity contribution in [2.45, 2.75) is 18.9 Å². The number of carbonyl (C=O) groups excluding carboxylic acids is 1. The predicted octanol–water partition coefficient (Wildman–Crippen LogP) is 3.74. The van der Waals surface area contributed by atoms with Gasteiger partial charge in [0.2, 0.25) is 5.96 Å². The van der Waals surface area contributed by atoms with Crippen LogP contribution in [0, 0.1) is 0 Å². The van der Waals surface area contributed by atoms with Gasteiger partial charge < -0.3 is 24.3 Å². The third-order valence-electron chi connectivity index (χ3n) is 4.77. The van der Waals surface area contributed by atoms with Crippen molar-refractivity contribution >= 4 is 29.2 Å². The summed E-state index contributed by atoms with van der Waals surface area (Å²) >= 11 is 6.13. The van der Waals surface area contributed by atoms with E-state index < -0.39 is 0 Å². The number of nitrogens with zero attached hydrogens (tertiary/aromatic N) is 1. The van der Waals surface area contributed by atoms with Crippen LogP contribution in [0.25, 0.3) is 0 Å². The van der Waals surface area contributed by atoms with Crippen molar-refractivity contribution in [1.82, 2.24) is 5.32 Å². The zero-order valence-electron chi connectivity index (χ0n) is 17.7. The van der Waals surface area contributed by atoms with Crippen molar-refractivity contribution in [2.75, 3.05) is 39.8 Å². The number of hydrogen-bond acceptors (Lipinski definition) is 6. The number of aliphatic imine (C=N–C) groups is 1. The molecule has 2 aromatic rings. The predicted molar refractivity (Wildman–Crippen MR) is 120 cm³/mol. The van der Waals surface area contributed by atoms with E-state index in [-0.39, 0.29) is 18.0 Å². The van der Waals surface area contributed by atoms with E-state index in [1.165, 1.54) is 14.2 Å². The summed E-state index contributed by atoms with van der Waals surface area (Å²) in [4.78, 5) is 17.5. The van der Waals surface area contributed by atoms with Crippen LogP contribution in [0.5, 0.6) is 17.2 Å². The molecule has 166 valence electrons. The summed E-state index contributed by atoms with van der Waals surface area (Å²) in [5.74, 6) is 1.46. The number of nitrogens with one attached hydrogen (secondary N) is 2. The zero-order valence-corrected chi connectivity index (χ0v) is 18.5. The second kappa shape index (κ2) is 10.9. The van der Waals surface area contributed by atoms with Crippen molar-refractivity contribution < 1.29 is 23.7 Å². The van der Waals surface area contributed by atoms with Gasteiger partial charge in [-0.1, -0.05) is 11.6 Å². The Kier molecular flexibility index (Phi) is 7.97. The number of benzene rings is 2. The summed E-state index contributed by atoms with van der Waals surface area (Å²) in [5, 5.41) is 6.45. The second-order valence-corrected chi connectivity index (χ2v) is 7.25. The maximum Gasteiger partial charge on any atom is 0.258 e. The first-order chi connectivity index (χ1) is 15.0. The summed E-state index contributed by atoms with van der Waals surface area (Å²) in [5.41, 5.74) is 0.969. The molecular weight excluding hydrogens is 422 g/mol. The van der Waals surface area contributed by atoms with Crippen LogP contribution in [0.3, 0.4) is 0 Å². The van der Waals surface area contributed by atoms with Gasteiger partial charge in [0.05, 0.1) is 39.7 Å². The van der Waals surface area contributed by atoms with Gasteiger partial charge in [-0.3, -0.25) is 10.1 Å². The maximum absolute atomic E-state index is 12.9. The largest absolute Gasteiger partial charge is 0.495 e. The lowest BCUT2D eigenvalue weighted by Crippen LogP contribution is -2.37. The van der Waals surface area contributed by atoms with Crippen LogP contribution in [0.2, 0.25) is 5.02 Å². The Hall–Kier alpha value is -2.97. The van der Waals surface area contributed by atoms with E-state index in [0.717, 1.165) is 19.4 Å². The first kappa shape index (κ1) is 22.7. The second-order valence-electron chi connectivity index (χ2n) is 6.82. The molecule has 1 heterocycles. The number of amides is 1.